The van der Waals surface area contributed by atoms with Crippen LogP contribution < -0.4 is 0 Å². The third kappa shape index (κ3) is 1.71. The number of amides is 2. The predicted octanol–water partition coefficient (Wildman–Crippen LogP) is 1.20. The van der Waals surface area contributed by atoms with E-state index in [0.717, 1.165) is 10.9 Å². The van der Waals surface area contributed by atoms with Gasteiger partial charge in [-0.3, -0.25) is 9.59 Å². The number of thiol groups is 1. The van der Waals surface area contributed by atoms with Crippen molar-refractivity contribution in [2.75, 3.05) is 0 Å². The van der Waals surface area contributed by atoms with Crippen LogP contribution in [0.25, 0.3) is 10.8 Å². The fourth-order valence-corrected chi connectivity index (χ4v) is 2.64. The van der Waals surface area contributed by atoms with Gasteiger partial charge in [-0.1, -0.05) is 18.2 Å². The van der Waals surface area contributed by atoms with Crippen molar-refractivity contribution in [2.24, 2.45) is 0 Å². The summed E-state index contributed by atoms with van der Waals surface area (Å²) in [6, 6.07) is 8.32. The number of benzene rings is 2. The number of hydroxylamine groups is 2. The van der Waals surface area contributed by atoms with Gasteiger partial charge in [0.2, 0.25) is 0 Å². The molecular weight excluding hydrogens is 282 g/mol. The lowest BCUT2D eigenvalue weighted by Gasteiger charge is -2.24. The Hall–Kier alpha value is -2.25. The number of imide groups is 1. The lowest BCUT2D eigenvalue weighted by atomic mass is 9.92. The quantitative estimate of drug-likeness (QED) is 0.664. The van der Waals surface area contributed by atoms with Crippen molar-refractivity contribution in [3.8, 4) is 0 Å². The molecule has 1 aliphatic rings. The van der Waals surface area contributed by atoms with Gasteiger partial charge in [0.15, 0.2) is 0 Å². The smallest absolute Gasteiger partial charge is 0.266 e. The molecule has 1 aliphatic heterocycles. The molecule has 7 heteroatoms. The number of rotatable bonds is 2. The molecule has 0 unspecified atom stereocenters. The molecule has 0 saturated heterocycles. The molecule has 0 bridgehead atoms. The Morgan fingerprint density at radius 2 is 1.65 bits per heavy atom. The molecule has 2 aromatic carbocycles. The Bertz CT molecular complexity index is 810. The maximum atomic E-state index is 12.2. The van der Waals surface area contributed by atoms with E-state index < -0.39 is 22.8 Å². The number of carbonyl (C=O) groups is 2. The molecule has 0 spiro atoms. The fourth-order valence-electron chi connectivity index (χ4n) is 2.36. The van der Waals surface area contributed by atoms with E-state index in [2.05, 4.69) is 4.28 Å². The fraction of sp³-hybridized carbons (Fsp3) is 0.0769. The molecule has 0 atom stereocenters. The largest absolute Gasteiger partial charge is 0.286 e. The van der Waals surface area contributed by atoms with Gasteiger partial charge in [0, 0.05) is 5.39 Å². The highest BCUT2D eigenvalue weighted by atomic mass is 32.2. The summed E-state index contributed by atoms with van der Waals surface area (Å²) in [6.07, 6.45) is 0. The Kier molecular flexibility index (Phi) is 2.81. The highest BCUT2D eigenvalue weighted by molar-refractivity contribution is 7.67. The zero-order valence-corrected chi connectivity index (χ0v) is 11.2. The second-order valence-electron chi connectivity index (χ2n) is 4.37. The van der Waals surface area contributed by atoms with Crippen LogP contribution in [0.5, 0.6) is 0 Å². The zero-order valence-electron chi connectivity index (χ0n) is 10.3. The van der Waals surface area contributed by atoms with Crippen LogP contribution >= 0.6 is 0 Å². The second kappa shape index (κ2) is 4.39. The Morgan fingerprint density at radius 1 is 1.00 bits per heavy atom. The van der Waals surface area contributed by atoms with E-state index in [1.807, 2.05) is 13.0 Å². The molecule has 20 heavy (non-hydrogen) atoms. The molecule has 2 amide bonds. The van der Waals surface area contributed by atoms with Crippen LogP contribution in [0.2, 0.25) is 0 Å². The first-order chi connectivity index (χ1) is 9.50. The Labute approximate surface area is 115 Å². The summed E-state index contributed by atoms with van der Waals surface area (Å²) in [7, 11) is -3.35. The summed E-state index contributed by atoms with van der Waals surface area (Å²) in [6.45, 7) is 1.87. The van der Waals surface area contributed by atoms with E-state index in [-0.39, 0.29) is 16.2 Å². The van der Waals surface area contributed by atoms with E-state index in [1.54, 1.807) is 18.2 Å². The summed E-state index contributed by atoms with van der Waals surface area (Å²) < 4.78 is 25.6. The van der Waals surface area contributed by atoms with E-state index in [1.165, 1.54) is 6.07 Å². The molecule has 102 valence electrons. The molecule has 3 rings (SSSR count). The molecule has 0 aromatic heterocycles. The van der Waals surface area contributed by atoms with Crippen LogP contribution in [0.4, 0.5) is 0 Å². The summed E-state index contributed by atoms with van der Waals surface area (Å²) in [5, 5.41) is 1.59. The molecule has 6 nitrogen and oxygen atoms in total. The van der Waals surface area contributed by atoms with E-state index in [0.29, 0.717) is 5.39 Å². The van der Waals surface area contributed by atoms with Gasteiger partial charge >= 0.3 is 0 Å². The minimum Gasteiger partial charge on any atom is -0.266 e. The third-order valence-corrected chi connectivity index (χ3v) is 3.53. The standard InChI is InChI=1S/C13H9NO5S/c1-7-5-6-10-11-8(7)3-2-4-9(11)12(15)14(13(10)16)19-20(17)18/h2-6,20H,1H3. The van der Waals surface area contributed by atoms with Gasteiger partial charge in [-0.2, -0.15) is 0 Å². The van der Waals surface area contributed by atoms with E-state index in [9.17, 15) is 18.0 Å². The van der Waals surface area contributed by atoms with Crippen LogP contribution in [0.1, 0.15) is 26.3 Å². The topological polar surface area (TPSA) is 80.8 Å². The van der Waals surface area contributed by atoms with Gasteiger partial charge in [0.1, 0.15) is 0 Å². The van der Waals surface area contributed by atoms with Gasteiger partial charge in [-0.05, 0) is 30.0 Å². The first kappa shape index (κ1) is 12.8. The molecule has 0 saturated carbocycles. The number of hydrogen-bond acceptors (Lipinski definition) is 5. The molecule has 0 radical (unpaired) electrons. The second-order valence-corrected chi connectivity index (χ2v) is 4.98. The minimum atomic E-state index is -3.35. The van der Waals surface area contributed by atoms with Gasteiger partial charge < -0.3 is 0 Å². The minimum absolute atomic E-state index is 0.248. The average molecular weight is 291 g/mol. The molecule has 0 fully saturated rings. The highest BCUT2D eigenvalue weighted by Gasteiger charge is 2.35. The molecular formula is C13H9NO5S. The predicted molar refractivity (Wildman–Crippen MR) is 70.6 cm³/mol. The van der Waals surface area contributed by atoms with Crippen molar-refractivity contribution in [1.29, 1.82) is 0 Å². The molecule has 0 aliphatic carbocycles. The normalized spacial score (nSPS) is 14.4. The van der Waals surface area contributed by atoms with Gasteiger partial charge in [0.25, 0.3) is 22.8 Å². The van der Waals surface area contributed by atoms with Crippen LogP contribution in [0, 0.1) is 6.92 Å². The average Bonchev–Trinajstić information content (AvgIpc) is 2.42. The Balaban J connectivity index is 2.34. The number of carbonyl (C=O) groups excluding carboxylic acids is 2. The van der Waals surface area contributed by atoms with Crippen molar-refractivity contribution < 1.29 is 22.3 Å². The number of hydrogen-bond donors (Lipinski definition) is 1. The molecule has 0 N–H and O–H groups in total. The van der Waals surface area contributed by atoms with E-state index in [4.69, 9.17) is 0 Å². The molecule has 2 aromatic rings. The maximum absolute atomic E-state index is 12.2. The molecule has 1 heterocycles. The zero-order chi connectivity index (χ0) is 14.4. The highest BCUT2D eigenvalue weighted by Crippen LogP contribution is 2.31. The Morgan fingerprint density at radius 3 is 2.30 bits per heavy atom. The summed E-state index contributed by atoms with van der Waals surface area (Å²) >= 11 is 0. The summed E-state index contributed by atoms with van der Waals surface area (Å²) in [5.41, 5.74) is 1.42. The first-order valence-electron chi connectivity index (χ1n) is 5.74. The first-order valence-corrected chi connectivity index (χ1v) is 6.84. The maximum Gasteiger partial charge on any atom is 0.286 e. The van der Waals surface area contributed by atoms with Crippen molar-refractivity contribution in [1.82, 2.24) is 5.06 Å². The van der Waals surface area contributed by atoms with Crippen molar-refractivity contribution >= 4 is 33.6 Å². The van der Waals surface area contributed by atoms with Crippen LogP contribution in [0.15, 0.2) is 30.3 Å². The lowest BCUT2D eigenvalue weighted by molar-refractivity contribution is -0.0127. The van der Waals surface area contributed by atoms with Gasteiger partial charge in [-0.15, -0.1) is 9.35 Å². The number of aryl methyl sites for hydroxylation is 1. The third-order valence-electron chi connectivity index (χ3n) is 3.24. The van der Waals surface area contributed by atoms with Gasteiger partial charge in [-0.25, -0.2) is 8.42 Å². The van der Waals surface area contributed by atoms with Crippen LogP contribution in [-0.2, 0) is 15.3 Å². The number of nitrogens with zero attached hydrogens (tertiary/aromatic N) is 1. The van der Waals surface area contributed by atoms with Crippen molar-refractivity contribution in [3.05, 3.63) is 47.0 Å². The summed E-state index contributed by atoms with van der Waals surface area (Å²) in [5.74, 6) is -1.56. The van der Waals surface area contributed by atoms with Crippen molar-refractivity contribution in [2.45, 2.75) is 6.92 Å². The van der Waals surface area contributed by atoms with Crippen LogP contribution in [-0.4, -0.2) is 25.3 Å². The monoisotopic (exact) mass is 291 g/mol. The SMILES string of the molecule is Cc1ccc2c3c(cccc13)C(=O)N(O[SH](=O)=O)C2=O. The lowest BCUT2D eigenvalue weighted by Crippen LogP contribution is -2.39. The summed E-state index contributed by atoms with van der Waals surface area (Å²) in [4.78, 5) is 24.3. The van der Waals surface area contributed by atoms with E-state index >= 15 is 0 Å². The van der Waals surface area contributed by atoms with Crippen molar-refractivity contribution in [3.63, 3.8) is 0 Å². The van der Waals surface area contributed by atoms with Crippen LogP contribution in [0.3, 0.4) is 0 Å². The van der Waals surface area contributed by atoms with Gasteiger partial charge in [0.05, 0.1) is 11.1 Å².